The molecule has 1 aromatic carbocycles. The smallest absolute Gasteiger partial charge is 0.340 e. The second-order valence-corrected chi connectivity index (χ2v) is 6.55. The maximum atomic E-state index is 13.0. The minimum atomic E-state index is -0.516. The standard InChI is InChI=1S/C20H17FN4O3/c1-12(2)25-18-14(9-23-25)7-15(8-22-18)20(26)28-11-17-10-27-19(24-17)13-3-5-16(21)6-4-13/h3-10,12H,11H2,1-2H3. The van der Waals surface area contributed by atoms with E-state index in [0.29, 0.717) is 28.4 Å². The Bertz CT molecular complexity index is 1130. The minimum absolute atomic E-state index is 0.0488. The molecule has 28 heavy (non-hydrogen) atoms. The largest absolute Gasteiger partial charge is 0.455 e. The predicted molar refractivity (Wildman–Crippen MR) is 98.9 cm³/mol. The lowest BCUT2D eigenvalue weighted by Gasteiger charge is -2.06. The third-order valence-electron chi connectivity index (χ3n) is 4.15. The number of fused-ring (bicyclic) bond motifs is 1. The quantitative estimate of drug-likeness (QED) is 0.484. The zero-order valence-electron chi connectivity index (χ0n) is 15.3. The first kappa shape index (κ1) is 17.8. The first-order valence-corrected chi connectivity index (χ1v) is 8.72. The van der Waals surface area contributed by atoms with Crippen LogP contribution >= 0.6 is 0 Å². The summed E-state index contributed by atoms with van der Waals surface area (Å²) in [5.41, 5.74) is 2.13. The van der Waals surface area contributed by atoms with E-state index in [1.165, 1.54) is 24.6 Å². The van der Waals surface area contributed by atoms with Gasteiger partial charge in [0, 0.05) is 23.2 Å². The summed E-state index contributed by atoms with van der Waals surface area (Å²) >= 11 is 0. The van der Waals surface area contributed by atoms with Gasteiger partial charge in [0.05, 0.1) is 11.8 Å². The van der Waals surface area contributed by atoms with Crippen molar-refractivity contribution < 1.29 is 18.3 Å². The number of carbonyl (C=O) groups excluding carboxylic acids is 1. The molecule has 3 aromatic heterocycles. The SMILES string of the molecule is CC(C)n1ncc2cc(C(=O)OCc3coc(-c4ccc(F)cc4)n3)cnc21. The van der Waals surface area contributed by atoms with Gasteiger partial charge in [0.25, 0.3) is 0 Å². The van der Waals surface area contributed by atoms with E-state index in [9.17, 15) is 9.18 Å². The fourth-order valence-corrected chi connectivity index (χ4v) is 2.75. The van der Waals surface area contributed by atoms with E-state index in [1.807, 2.05) is 13.8 Å². The number of ether oxygens (including phenoxy) is 1. The average molecular weight is 380 g/mol. The van der Waals surface area contributed by atoms with E-state index in [1.54, 1.807) is 29.1 Å². The van der Waals surface area contributed by atoms with Crippen molar-refractivity contribution in [1.29, 1.82) is 0 Å². The molecule has 3 heterocycles. The van der Waals surface area contributed by atoms with Gasteiger partial charge in [0.15, 0.2) is 5.65 Å². The monoisotopic (exact) mass is 380 g/mol. The zero-order chi connectivity index (χ0) is 19.7. The molecular formula is C20H17FN4O3. The molecule has 0 amide bonds. The van der Waals surface area contributed by atoms with Gasteiger partial charge in [-0.3, -0.25) is 0 Å². The number of hydrogen-bond acceptors (Lipinski definition) is 6. The highest BCUT2D eigenvalue weighted by Crippen LogP contribution is 2.20. The Morgan fingerprint density at radius 3 is 2.79 bits per heavy atom. The number of benzene rings is 1. The Balaban J connectivity index is 1.44. The number of esters is 1. The predicted octanol–water partition coefficient (Wildman–Crippen LogP) is 4.16. The molecule has 0 saturated heterocycles. The van der Waals surface area contributed by atoms with Crippen LogP contribution in [0.2, 0.25) is 0 Å². The molecule has 7 nitrogen and oxygen atoms in total. The maximum absolute atomic E-state index is 13.0. The Hall–Kier alpha value is -3.55. The van der Waals surface area contributed by atoms with Crippen LogP contribution in [0.25, 0.3) is 22.5 Å². The number of hydrogen-bond donors (Lipinski definition) is 0. The topological polar surface area (TPSA) is 83.0 Å². The van der Waals surface area contributed by atoms with Crippen LogP contribution in [-0.2, 0) is 11.3 Å². The first-order chi connectivity index (χ1) is 13.5. The van der Waals surface area contributed by atoms with Crippen molar-refractivity contribution in [2.75, 3.05) is 0 Å². The number of halogens is 1. The lowest BCUT2D eigenvalue weighted by atomic mass is 10.2. The number of pyridine rings is 1. The molecule has 0 aliphatic rings. The van der Waals surface area contributed by atoms with Crippen LogP contribution in [0.1, 0.15) is 35.9 Å². The second kappa shape index (κ2) is 7.22. The van der Waals surface area contributed by atoms with E-state index in [4.69, 9.17) is 9.15 Å². The molecule has 0 bridgehead atoms. The van der Waals surface area contributed by atoms with Crippen molar-refractivity contribution in [3.63, 3.8) is 0 Å². The summed E-state index contributed by atoms with van der Waals surface area (Å²) in [5.74, 6) is -0.526. The van der Waals surface area contributed by atoms with Gasteiger partial charge in [0.2, 0.25) is 5.89 Å². The highest BCUT2D eigenvalue weighted by atomic mass is 19.1. The van der Waals surface area contributed by atoms with Crippen molar-refractivity contribution in [3.8, 4) is 11.5 Å². The fourth-order valence-electron chi connectivity index (χ4n) is 2.75. The van der Waals surface area contributed by atoms with Crippen LogP contribution in [0.3, 0.4) is 0 Å². The molecule has 0 saturated carbocycles. The van der Waals surface area contributed by atoms with Gasteiger partial charge in [-0.1, -0.05) is 0 Å². The number of aromatic nitrogens is 4. The maximum Gasteiger partial charge on any atom is 0.340 e. The van der Waals surface area contributed by atoms with E-state index < -0.39 is 5.97 Å². The molecule has 142 valence electrons. The van der Waals surface area contributed by atoms with Gasteiger partial charge in [-0.15, -0.1) is 0 Å². The van der Waals surface area contributed by atoms with Gasteiger partial charge in [0.1, 0.15) is 24.4 Å². The molecule has 0 spiro atoms. The summed E-state index contributed by atoms with van der Waals surface area (Å²) in [7, 11) is 0. The summed E-state index contributed by atoms with van der Waals surface area (Å²) in [6, 6.07) is 7.64. The fraction of sp³-hybridized carbons (Fsp3) is 0.200. The van der Waals surface area contributed by atoms with Gasteiger partial charge in [-0.05, 0) is 44.2 Å². The van der Waals surface area contributed by atoms with Crippen LogP contribution < -0.4 is 0 Å². The lowest BCUT2D eigenvalue weighted by Crippen LogP contribution is -2.07. The second-order valence-electron chi connectivity index (χ2n) is 6.55. The molecule has 0 aliphatic heterocycles. The summed E-state index contributed by atoms with van der Waals surface area (Å²) < 4.78 is 25.4. The highest BCUT2D eigenvalue weighted by molar-refractivity contribution is 5.92. The van der Waals surface area contributed by atoms with Crippen LogP contribution in [0.4, 0.5) is 4.39 Å². The van der Waals surface area contributed by atoms with Crippen LogP contribution in [-0.4, -0.2) is 25.7 Å². The van der Waals surface area contributed by atoms with Gasteiger partial charge in [-0.2, -0.15) is 5.10 Å². The molecule has 0 atom stereocenters. The molecule has 0 aliphatic carbocycles. The van der Waals surface area contributed by atoms with Crippen molar-refractivity contribution in [2.24, 2.45) is 0 Å². The summed E-state index contributed by atoms with van der Waals surface area (Å²) in [5, 5.41) is 5.05. The minimum Gasteiger partial charge on any atom is -0.455 e. The number of oxazole rings is 1. The van der Waals surface area contributed by atoms with Gasteiger partial charge >= 0.3 is 5.97 Å². The molecule has 0 fully saturated rings. The third-order valence-corrected chi connectivity index (χ3v) is 4.15. The van der Waals surface area contributed by atoms with E-state index in [2.05, 4.69) is 15.1 Å². The molecule has 0 N–H and O–H groups in total. The average Bonchev–Trinajstić information content (AvgIpc) is 3.33. The van der Waals surface area contributed by atoms with Crippen molar-refractivity contribution in [2.45, 2.75) is 26.5 Å². The summed E-state index contributed by atoms with van der Waals surface area (Å²) in [6.07, 6.45) is 4.55. The van der Waals surface area contributed by atoms with Crippen LogP contribution in [0, 0.1) is 5.82 Å². The molecule has 8 heteroatoms. The van der Waals surface area contributed by atoms with Crippen LogP contribution in [0.5, 0.6) is 0 Å². The zero-order valence-corrected chi connectivity index (χ0v) is 15.3. The van der Waals surface area contributed by atoms with Crippen molar-refractivity contribution in [1.82, 2.24) is 19.7 Å². The molecule has 4 aromatic rings. The number of nitrogens with zero attached hydrogens (tertiary/aromatic N) is 4. The van der Waals surface area contributed by atoms with Crippen molar-refractivity contribution in [3.05, 3.63) is 66.1 Å². The van der Waals surface area contributed by atoms with Gasteiger partial charge < -0.3 is 9.15 Å². The highest BCUT2D eigenvalue weighted by Gasteiger charge is 2.14. The normalized spacial score (nSPS) is 11.3. The van der Waals surface area contributed by atoms with E-state index >= 15 is 0 Å². The summed E-state index contributed by atoms with van der Waals surface area (Å²) in [4.78, 5) is 20.9. The van der Waals surface area contributed by atoms with E-state index in [-0.39, 0.29) is 18.5 Å². The molecule has 4 rings (SSSR count). The Morgan fingerprint density at radius 2 is 2.04 bits per heavy atom. The van der Waals surface area contributed by atoms with Crippen molar-refractivity contribution >= 4 is 17.0 Å². The summed E-state index contributed by atoms with van der Waals surface area (Å²) in [6.45, 7) is 3.97. The number of rotatable bonds is 5. The molecular weight excluding hydrogens is 363 g/mol. The first-order valence-electron chi connectivity index (χ1n) is 8.72. The Kier molecular flexibility index (Phi) is 4.60. The lowest BCUT2D eigenvalue weighted by molar-refractivity contribution is 0.0467. The molecule has 0 radical (unpaired) electrons. The number of carbonyl (C=O) groups is 1. The Labute approximate surface area is 159 Å². The Morgan fingerprint density at radius 1 is 1.25 bits per heavy atom. The molecule has 0 unspecified atom stereocenters. The van der Waals surface area contributed by atoms with Gasteiger partial charge in [-0.25, -0.2) is 23.8 Å². The third kappa shape index (κ3) is 3.48. The van der Waals surface area contributed by atoms with E-state index in [0.717, 1.165) is 5.39 Å². The van der Waals surface area contributed by atoms with Crippen LogP contribution in [0.15, 0.2) is 53.4 Å².